The smallest absolute Gasteiger partial charge is 0.253 e. The number of benzene rings is 3. The average molecular weight is 377 g/mol. The summed E-state index contributed by atoms with van der Waals surface area (Å²) >= 11 is 0. The summed E-state index contributed by atoms with van der Waals surface area (Å²) in [6.45, 7) is 0.305. The molecule has 0 aromatic heterocycles. The van der Waals surface area contributed by atoms with Crippen molar-refractivity contribution >= 4 is 23.2 Å². The highest BCUT2D eigenvalue weighted by molar-refractivity contribution is 6.00. The van der Waals surface area contributed by atoms with Gasteiger partial charge in [-0.15, -0.1) is 0 Å². The van der Waals surface area contributed by atoms with Crippen LogP contribution in [0.25, 0.3) is 0 Å². The third kappa shape index (κ3) is 5.17. The molecule has 0 saturated carbocycles. The molecule has 0 spiro atoms. The molecular weight excluding hydrogens is 357 g/mol. The molecular formula is C22H20FN3O2. The molecule has 0 heterocycles. The van der Waals surface area contributed by atoms with E-state index in [0.717, 1.165) is 5.56 Å². The topological polar surface area (TPSA) is 70.2 Å². The van der Waals surface area contributed by atoms with Crippen molar-refractivity contribution in [2.75, 3.05) is 17.2 Å². The molecule has 0 aliphatic carbocycles. The molecule has 0 aliphatic rings. The van der Waals surface area contributed by atoms with E-state index in [1.54, 1.807) is 36.4 Å². The molecule has 0 aliphatic heterocycles. The third-order valence-electron chi connectivity index (χ3n) is 4.05. The SMILES string of the molecule is O=C(CNc1ccccc1C(=O)NCc1ccccc1)Nc1ccccc1F. The van der Waals surface area contributed by atoms with Crippen LogP contribution in [0, 0.1) is 5.82 Å². The number of amides is 2. The number of carbonyl (C=O) groups excluding carboxylic acids is 2. The van der Waals surface area contributed by atoms with Gasteiger partial charge in [0.1, 0.15) is 5.82 Å². The van der Waals surface area contributed by atoms with Gasteiger partial charge in [0, 0.05) is 12.2 Å². The molecule has 0 radical (unpaired) electrons. The second kappa shape index (κ2) is 9.32. The highest BCUT2D eigenvalue weighted by Gasteiger charge is 2.12. The number of para-hydroxylation sites is 2. The summed E-state index contributed by atoms with van der Waals surface area (Å²) in [7, 11) is 0. The zero-order chi connectivity index (χ0) is 19.8. The van der Waals surface area contributed by atoms with Gasteiger partial charge in [-0.3, -0.25) is 9.59 Å². The van der Waals surface area contributed by atoms with Crippen LogP contribution in [-0.4, -0.2) is 18.4 Å². The highest BCUT2D eigenvalue weighted by Crippen LogP contribution is 2.16. The van der Waals surface area contributed by atoms with Gasteiger partial charge in [0.05, 0.1) is 17.8 Å². The molecule has 6 heteroatoms. The molecule has 3 rings (SSSR count). The fourth-order valence-corrected chi connectivity index (χ4v) is 2.64. The predicted molar refractivity (Wildman–Crippen MR) is 108 cm³/mol. The van der Waals surface area contributed by atoms with Crippen molar-refractivity contribution in [2.24, 2.45) is 0 Å². The van der Waals surface area contributed by atoms with Gasteiger partial charge in [0.25, 0.3) is 5.91 Å². The molecule has 142 valence electrons. The predicted octanol–water partition coefficient (Wildman–Crippen LogP) is 3.81. The monoisotopic (exact) mass is 377 g/mol. The van der Waals surface area contributed by atoms with Crippen molar-refractivity contribution in [1.82, 2.24) is 5.32 Å². The van der Waals surface area contributed by atoms with Crippen molar-refractivity contribution in [3.63, 3.8) is 0 Å². The van der Waals surface area contributed by atoms with Crippen molar-refractivity contribution in [3.05, 3.63) is 95.8 Å². The Morgan fingerprint density at radius 1 is 0.786 bits per heavy atom. The van der Waals surface area contributed by atoms with Gasteiger partial charge in [-0.1, -0.05) is 54.6 Å². The van der Waals surface area contributed by atoms with Crippen LogP contribution < -0.4 is 16.0 Å². The molecule has 0 unspecified atom stereocenters. The van der Waals surface area contributed by atoms with E-state index in [2.05, 4.69) is 16.0 Å². The lowest BCUT2D eigenvalue weighted by atomic mass is 10.1. The van der Waals surface area contributed by atoms with E-state index in [1.165, 1.54) is 12.1 Å². The largest absolute Gasteiger partial charge is 0.376 e. The van der Waals surface area contributed by atoms with E-state index in [9.17, 15) is 14.0 Å². The van der Waals surface area contributed by atoms with E-state index in [0.29, 0.717) is 17.8 Å². The Bertz CT molecular complexity index is 961. The van der Waals surface area contributed by atoms with Crippen LogP contribution in [0.5, 0.6) is 0 Å². The maximum atomic E-state index is 13.6. The number of anilines is 2. The van der Waals surface area contributed by atoms with Crippen LogP contribution in [0.4, 0.5) is 15.8 Å². The molecule has 0 bridgehead atoms. The molecule has 28 heavy (non-hydrogen) atoms. The molecule has 2 amide bonds. The van der Waals surface area contributed by atoms with Crippen molar-refractivity contribution in [2.45, 2.75) is 6.54 Å². The first-order chi connectivity index (χ1) is 13.6. The van der Waals surface area contributed by atoms with Gasteiger partial charge in [-0.25, -0.2) is 4.39 Å². The number of halogens is 1. The lowest BCUT2D eigenvalue weighted by Crippen LogP contribution is -2.26. The minimum Gasteiger partial charge on any atom is -0.376 e. The Hall–Kier alpha value is -3.67. The minimum absolute atomic E-state index is 0.0999. The third-order valence-corrected chi connectivity index (χ3v) is 4.05. The van der Waals surface area contributed by atoms with E-state index >= 15 is 0 Å². The number of rotatable bonds is 7. The van der Waals surface area contributed by atoms with Gasteiger partial charge in [-0.05, 0) is 29.8 Å². The number of nitrogens with one attached hydrogen (secondary N) is 3. The Morgan fingerprint density at radius 3 is 2.18 bits per heavy atom. The zero-order valence-electron chi connectivity index (χ0n) is 15.1. The first kappa shape index (κ1) is 19.1. The van der Waals surface area contributed by atoms with Gasteiger partial charge in [0.15, 0.2) is 0 Å². The number of carbonyl (C=O) groups is 2. The summed E-state index contributed by atoms with van der Waals surface area (Å²) < 4.78 is 13.6. The lowest BCUT2D eigenvalue weighted by molar-refractivity contribution is -0.114. The summed E-state index contributed by atoms with van der Waals surface area (Å²) in [6.07, 6.45) is 0. The second-order valence-electron chi connectivity index (χ2n) is 6.10. The van der Waals surface area contributed by atoms with E-state index in [4.69, 9.17) is 0 Å². The standard InChI is InChI=1S/C22H20FN3O2/c23-18-11-5-7-13-20(18)26-21(27)15-24-19-12-6-4-10-17(19)22(28)25-14-16-8-2-1-3-9-16/h1-13,24H,14-15H2,(H,25,28)(H,26,27). The summed E-state index contributed by atoms with van der Waals surface area (Å²) in [4.78, 5) is 24.6. The quantitative estimate of drug-likeness (QED) is 0.586. The van der Waals surface area contributed by atoms with Crippen molar-refractivity contribution in [3.8, 4) is 0 Å². The second-order valence-corrected chi connectivity index (χ2v) is 6.10. The van der Waals surface area contributed by atoms with E-state index < -0.39 is 11.7 Å². The van der Waals surface area contributed by atoms with Crippen LogP contribution in [0.1, 0.15) is 15.9 Å². The first-order valence-corrected chi connectivity index (χ1v) is 8.83. The summed E-state index contributed by atoms with van der Waals surface area (Å²) in [6, 6.07) is 22.4. The summed E-state index contributed by atoms with van der Waals surface area (Å²) in [5, 5.41) is 8.30. The summed E-state index contributed by atoms with van der Waals surface area (Å²) in [5.41, 5.74) is 2.06. The van der Waals surface area contributed by atoms with Crippen LogP contribution in [0.15, 0.2) is 78.9 Å². The Labute approximate surface area is 162 Å². The minimum atomic E-state index is -0.503. The Morgan fingerprint density at radius 2 is 1.43 bits per heavy atom. The molecule has 0 saturated heterocycles. The van der Waals surface area contributed by atoms with Gasteiger partial charge < -0.3 is 16.0 Å². The van der Waals surface area contributed by atoms with Crippen molar-refractivity contribution < 1.29 is 14.0 Å². The van der Waals surface area contributed by atoms with Crippen LogP contribution in [0.2, 0.25) is 0 Å². The van der Waals surface area contributed by atoms with Gasteiger partial charge in [-0.2, -0.15) is 0 Å². The lowest BCUT2D eigenvalue weighted by Gasteiger charge is -2.13. The number of hydrogen-bond acceptors (Lipinski definition) is 3. The fraction of sp³-hybridized carbons (Fsp3) is 0.0909. The van der Waals surface area contributed by atoms with Crippen LogP contribution >= 0.6 is 0 Å². The molecule has 0 fully saturated rings. The van der Waals surface area contributed by atoms with E-state index in [-0.39, 0.29) is 18.1 Å². The molecule has 3 aromatic rings. The molecule has 0 atom stereocenters. The van der Waals surface area contributed by atoms with Crippen LogP contribution in [-0.2, 0) is 11.3 Å². The Kier molecular flexibility index (Phi) is 6.36. The highest BCUT2D eigenvalue weighted by atomic mass is 19.1. The van der Waals surface area contributed by atoms with Crippen molar-refractivity contribution in [1.29, 1.82) is 0 Å². The first-order valence-electron chi connectivity index (χ1n) is 8.83. The summed E-state index contributed by atoms with van der Waals surface area (Å²) in [5.74, 6) is -1.16. The molecule has 5 nitrogen and oxygen atoms in total. The zero-order valence-corrected chi connectivity index (χ0v) is 15.1. The van der Waals surface area contributed by atoms with Crippen LogP contribution in [0.3, 0.4) is 0 Å². The number of hydrogen-bond donors (Lipinski definition) is 3. The Balaban J connectivity index is 1.59. The molecule has 3 N–H and O–H groups in total. The van der Waals surface area contributed by atoms with E-state index in [1.807, 2.05) is 30.3 Å². The maximum absolute atomic E-state index is 13.6. The average Bonchev–Trinajstić information content (AvgIpc) is 2.73. The molecule has 3 aromatic carbocycles. The normalized spacial score (nSPS) is 10.2. The maximum Gasteiger partial charge on any atom is 0.253 e. The van der Waals surface area contributed by atoms with Gasteiger partial charge >= 0.3 is 0 Å². The fourth-order valence-electron chi connectivity index (χ4n) is 2.64. The van der Waals surface area contributed by atoms with Gasteiger partial charge in [0.2, 0.25) is 5.91 Å².